The van der Waals surface area contributed by atoms with E-state index in [1.807, 2.05) is 6.92 Å². The van der Waals surface area contributed by atoms with Gasteiger partial charge >= 0.3 is 0 Å². The summed E-state index contributed by atoms with van der Waals surface area (Å²) in [5.74, 6) is -1.89. The average Bonchev–Trinajstić information content (AvgIpc) is 2.89. The Morgan fingerprint density at radius 1 is 1.41 bits per heavy atom. The van der Waals surface area contributed by atoms with Crippen molar-refractivity contribution in [1.29, 1.82) is 0 Å². The lowest BCUT2D eigenvalue weighted by atomic mass is 10.3. The molecular formula is C13H14F2N4OS2. The fourth-order valence-electron chi connectivity index (χ4n) is 1.51. The van der Waals surface area contributed by atoms with Gasteiger partial charge in [0.1, 0.15) is 11.6 Å². The third-order valence-electron chi connectivity index (χ3n) is 2.57. The molecule has 0 saturated carbocycles. The molecule has 1 aromatic heterocycles. The van der Waals surface area contributed by atoms with Crippen molar-refractivity contribution in [3.05, 3.63) is 29.8 Å². The first-order chi connectivity index (χ1) is 10.5. The van der Waals surface area contributed by atoms with E-state index in [2.05, 4.69) is 20.8 Å². The molecule has 0 aliphatic heterocycles. The Morgan fingerprint density at radius 3 is 2.86 bits per heavy atom. The number of thioether (sulfide) groups is 1. The summed E-state index contributed by atoms with van der Waals surface area (Å²) in [7, 11) is 0. The Hall–Kier alpha value is -1.74. The highest BCUT2D eigenvalue weighted by atomic mass is 32.2. The first-order valence-electron chi connectivity index (χ1n) is 6.49. The van der Waals surface area contributed by atoms with Crippen LogP contribution in [0, 0.1) is 11.6 Å². The molecule has 0 bridgehead atoms. The molecular weight excluding hydrogens is 330 g/mol. The first-order valence-corrected chi connectivity index (χ1v) is 8.19. The van der Waals surface area contributed by atoms with Crippen LogP contribution in [-0.4, -0.2) is 27.9 Å². The van der Waals surface area contributed by atoms with Gasteiger partial charge in [0.15, 0.2) is 4.34 Å². The number of hydrogen-bond acceptors (Lipinski definition) is 6. The van der Waals surface area contributed by atoms with Gasteiger partial charge in [-0.1, -0.05) is 23.1 Å². The smallest absolute Gasteiger partial charge is 0.237 e. The molecule has 2 N–H and O–H groups in total. The number of anilines is 2. The zero-order valence-corrected chi connectivity index (χ0v) is 13.5. The van der Waals surface area contributed by atoms with Crippen LogP contribution < -0.4 is 10.6 Å². The maximum absolute atomic E-state index is 13.5. The van der Waals surface area contributed by atoms with Gasteiger partial charge in [0.25, 0.3) is 0 Å². The number of benzene rings is 1. The van der Waals surface area contributed by atoms with Crippen LogP contribution in [0.3, 0.4) is 0 Å². The second kappa shape index (κ2) is 7.50. The van der Waals surface area contributed by atoms with Crippen LogP contribution in [-0.2, 0) is 4.79 Å². The lowest BCUT2D eigenvalue weighted by Crippen LogP contribution is -2.22. The van der Waals surface area contributed by atoms with Crippen LogP contribution in [0.4, 0.5) is 19.6 Å². The van der Waals surface area contributed by atoms with Gasteiger partial charge < -0.3 is 10.6 Å². The number of amides is 1. The summed E-state index contributed by atoms with van der Waals surface area (Å²) in [5, 5.41) is 13.5. The highest BCUT2D eigenvalue weighted by Gasteiger charge is 2.18. The molecule has 0 radical (unpaired) electrons. The van der Waals surface area contributed by atoms with Crippen LogP contribution >= 0.6 is 23.1 Å². The predicted octanol–water partition coefficient (Wildman–Crippen LogP) is 3.37. The quantitative estimate of drug-likeness (QED) is 0.787. The van der Waals surface area contributed by atoms with E-state index in [1.165, 1.54) is 29.2 Å². The molecule has 0 spiro atoms. The van der Waals surface area contributed by atoms with Crippen molar-refractivity contribution in [3.8, 4) is 0 Å². The van der Waals surface area contributed by atoms with E-state index in [0.717, 1.165) is 18.7 Å². The Balaban J connectivity index is 1.96. The summed E-state index contributed by atoms with van der Waals surface area (Å²) in [6.45, 7) is 4.36. The third-order valence-corrected chi connectivity index (χ3v) is 4.64. The number of carbonyl (C=O) groups is 1. The van der Waals surface area contributed by atoms with Crippen LogP contribution in [0.1, 0.15) is 13.8 Å². The second-order valence-electron chi connectivity index (χ2n) is 4.28. The normalized spacial score (nSPS) is 12.0. The van der Waals surface area contributed by atoms with Crippen LogP contribution in [0.2, 0.25) is 0 Å². The van der Waals surface area contributed by atoms with E-state index in [1.54, 1.807) is 6.92 Å². The van der Waals surface area contributed by atoms with Gasteiger partial charge in [-0.3, -0.25) is 4.79 Å². The van der Waals surface area contributed by atoms with Gasteiger partial charge in [-0.25, -0.2) is 8.78 Å². The summed E-state index contributed by atoms with van der Waals surface area (Å²) in [6, 6.07) is 3.00. The Kier molecular flexibility index (Phi) is 5.67. The van der Waals surface area contributed by atoms with E-state index >= 15 is 0 Å². The van der Waals surface area contributed by atoms with Crippen molar-refractivity contribution in [1.82, 2.24) is 10.2 Å². The van der Waals surface area contributed by atoms with Gasteiger partial charge in [0.05, 0.1) is 10.9 Å². The number of nitrogens with one attached hydrogen (secondary N) is 2. The van der Waals surface area contributed by atoms with Gasteiger partial charge in [-0.2, -0.15) is 0 Å². The molecule has 2 aromatic rings. The summed E-state index contributed by atoms with van der Waals surface area (Å²) < 4.78 is 27.0. The predicted molar refractivity (Wildman–Crippen MR) is 84.4 cm³/mol. The zero-order chi connectivity index (χ0) is 16.1. The van der Waals surface area contributed by atoms with Crippen LogP contribution in [0.5, 0.6) is 0 Å². The molecule has 0 aliphatic carbocycles. The van der Waals surface area contributed by atoms with Crippen molar-refractivity contribution in [2.75, 3.05) is 17.2 Å². The fraction of sp³-hybridized carbons (Fsp3) is 0.308. The Morgan fingerprint density at radius 2 is 2.18 bits per heavy atom. The molecule has 1 amide bonds. The van der Waals surface area contributed by atoms with E-state index in [0.29, 0.717) is 9.47 Å². The number of halogens is 2. The van der Waals surface area contributed by atoms with E-state index < -0.39 is 22.8 Å². The molecule has 1 aromatic carbocycles. The van der Waals surface area contributed by atoms with Gasteiger partial charge in [-0.15, -0.1) is 10.2 Å². The monoisotopic (exact) mass is 344 g/mol. The van der Waals surface area contributed by atoms with Crippen molar-refractivity contribution >= 4 is 39.8 Å². The first kappa shape index (κ1) is 16.6. The number of rotatable bonds is 6. The molecule has 22 heavy (non-hydrogen) atoms. The van der Waals surface area contributed by atoms with Gasteiger partial charge in [-0.05, 0) is 26.0 Å². The number of aromatic nitrogens is 2. The van der Waals surface area contributed by atoms with E-state index in [-0.39, 0.29) is 5.69 Å². The van der Waals surface area contributed by atoms with Crippen molar-refractivity contribution in [2.24, 2.45) is 0 Å². The number of carbonyl (C=O) groups excluding carboxylic acids is 1. The van der Waals surface area contributed by atoms with Crippen LogP contribution in [0.15, 0.2) is 22.5 Å². The summed E-state index contributed by atoms with van der Waals surface area (Å²) in [5.41, 5.74) is -0.0514. The van der Waals surface area contributed by atoms with E-state index in [4.69, 9.17) is 0 Å². The summed E-state index contributed by atoms with van der Waals surface area (Å²) in [6.07, 6.45) is 0. The fourth-order valence-corrected chi connectivity index (χ4v) is 3.47. The standard InChI is InChI=1S/C13H14F2N4OS2/c1-3-16-12-18-19-13(22-12)21-7(2)11(20)17-10-5-4-8(14)6-9(10)15/h4-7H,3H2,1-2H3,(H,16,18)(H,17,20). The second-order valence-corrected chi connectivity index (χ2v) is 6.84. The number of hydrogen-bond donors (Lipinski definition) is 2. The van der Waals surface area contributed by atoms with Crippen LogP contribution in [0.25, 0.3) is 0 Å². The lowest BCUT2D eigenvalue weighted by Gasteiger charge is -2.10. The third kappa shape index (κ3) is 4.38. The summed E-state index contributed by atoms with van der Waals surface area (Å²) in [4.78, 5) is 12.0. The Labute approximate surface area is 134 Å². The maximum Gasteiger partial charge on any atom is 0.237 e. The molecule has 1 atom stereocenters. The SMILES string of the molecule is CCNc1nnc(SC(C)C(=O)Nc2ccc(F)cc2F)s1. The number of nitrogens with zero attached hydrogens (tertiary/aromatic N) is 2. The minimum atomic E-state index is -0.809. The average molecular weight is 344 g/mol. The molecule has 2 rings (SSSR count). The van der Waals surface area contributed by atoms with E-state index in [9.17, 15) is 13.6 Å². The summed E-state index contributed by atoms with van der Waals surface area (Å²) >= 11 is 2.56. The molecule has 5 nitrogen and oxygen atoms in total. The highest BCUT2D eigenvalue weighted by Crippen LogP contribution is 2.29. The highest BCUT2D eigenvalue weighted by molar-refractivity contribution is 8.02. The largest absolute Gasteiger partial charge is 0.360 e. The van der Waals surface area contributed by atoms with Gasteiger partial charge in [0, 0.05) is 12.6 Å². The maximum atomic E-state index is 13.5. The van der Waals surface area contributed by atoms with Crippen molar-refractivity contribution in [2.45, 2.75) is 23.4 Å². The Bertz CT molecular complexity index is 665. The molecule has 118 valence electrons. The molecule has 0 fully saturated rings. The molecule has 1 heterocycles. The van der Waals surface area contributed by atoms with Crippen molar-refractivity contribution in [3.63, 3.8) is 0 Å². The molecule has 0 saturated heterocycles. The lowest BCUT2D eigenvalue weighted by molar-refractivity contribution is -0.115. The zero-order valence-electron chi connectivity index (χ0n) is 11.9. The molecule has 0 aliphatic rings. The molecule has 9 heteroatoms. The topological polar surface area (TPSA) is 66.9 Å². The molecule has 1 unspecified atom stereocenters. The van der Waals surface area contributed by atoms with Gasteiger partial charge in [0.2, 0.25) is 11.0 Å². The minimum absolute atomic E-state index is 0.0514. The van der Waals surface area contributed by atoms with Crippen molar-refractivity contribution < 1.29 is 13.6 Å². The minimum Gasteiger partial charge on any atom is -0.360 e.